The molecule has 0 saturated heterocycles. The van der Waals surface area contributed by atoms with Crippen LogP contribution in [0.15, 0.2) is 0 Å². The molecule has 7 heteroatoms. The van der Waals surface area contributed by atoms with Crippen LogP contribution < -0.4 is 5.73 Å². The molecule has 2 N–H and O–H groups in total. The number of ether oxygens (including phenoxy) is 1. The summed E-state index contributed by atoms with van der Waals surface area (Å²) in [5.74, 6) is -0.943. The first kappa shape index (κ1) is 17.3. The smallest absolute Gasteiger partial charge is 0.237 e. The summed E-state index contributed by atoms with van der Waals surface area (Å²) >= 11 is 0. The number of hydrogen-bond donors (Lipinski definition) is 1. The molecule has 108 valence electrons. The first-order valence-corrected chi connectivity index (χ1v) is 7.97. The number of sulfone groups is 1. The molecule has 0 atom stereocenters. The van der Waals surface area contributed by atoms with Gasteiger partial charge in [0.25, 0.3) is 0 Å². The van der Waals surface area contributed by atoms with Crippen molar-refractivity contribution in [3.8, 4) is 0 Å². The third kappa shape index (κ3) is 8.43. The Labute approximate surface area is 109 Å². The Kier molecular flexibility index (Phi) is 8.95. The van der Waals surface area contributed by atoms with Crippen molar-refractivity contribution in [3.05, 3.63) is 0 Å². The highest BCUT2D eigenvalue weighted by Crippen LogP contribution is 1.98. The summed E-state index contributed by atoms with van der Waals surface area (Å²) in [5.41, 5.74) is 5.21. The molecule has 0 aliphatic carbocycles. The van der Waals surface area contributed by atoms with Crippen molar-refractivity contribution in [3.63, 3.8) is 0 Å². The molecule has 0 saturated carbocycles. The van der Waals surface area contributed by atoms with Crippen LogP contribution in [0.1, 0.15) is 19.8 Å². The fourth-order valence-corrected chi connectivity index (χ4v) is 2.37. The van der Waals surface area contributed by atoms with Crippen molar-refractivity contribution in [2.45, 2.75) is 19.8 Å². The van der Waals surface area contributed by atoms with E-state index in [1.165, 1.54) is 4.90 Å². The van der Waals surface area contributed by atoms with Crippen LogP contribution in [0, 0.1) is 0 Å². The van der Waals surface area contributed by atoms with Crippen LogP contribution in [0.25, 0.3) is 0 Å². The van der Waals surface area contributed by atoms with Crippen molar-refractivity contribution in [2.24, 2.45) is 5.73 Å². The third-order valence-electron chi connectivity index (χ3n) is 2.42. The van der Waals surface area contributed by atoms with Gasteiger partial charge in [0.15, 0.2) is 9.84 Å². The molecular formula is C11H24N2O4S. The third-order valence-corrected chi connectivity index (χ3v) is 3.89. The first-order valence-electron chi connectivity index (χ1n) is 6.15. The van der Waals surface area contributed by atoms with Gasteiger partial charge in [-0.1, -0.05) is 13.3 Å². The summed E-state index contributed by atoms with van der Waals surface area (Å²) in [4.78, 5) is 13.1. The Morgan fingerprint density at radius 2 is 2.00 bits per heavy atom. The van der Waals surface area contributed by atoms with Gasteiger partial charge in [0.1, 0.15) is 5.75 Å². The van der Waals surface area contributed by atoms with Gasteiger partial charge in [-0.15, -0.1) is 0 Å². The predicted octanol–water partition coefficient (Wildman–Crippen LogP) is -0.365. The Bertz CT molecular complexity index is 330. The Balaban J connectivity index is 4.03. The van der Waals surface area contributed by atoms with E-state index in [-0.39, 0.29) is 18.3 Å². The number of hydrogen-bond acceptors (Lipinski definition) is 5. The molecule has 0 fully saturated rings. The minimum absolute atomic E-state index is 0.0888. The van der Waals surface area contributed by atoms with E-state index in [9.17, 15) is 13.2 Å². The van der Waals surface area contributed by atoms with E-state index < -0.39 is 15.6 Å². The average Bonchev–Trinajstić information content (AvgIpc) is 2.31. The van der Waals surface area contributed by atoms with Gasteiger partial charge in [0.05, 0.1) is 19.0 Å². The van der Waals surface area contributed by atoms with Crippen LogP contribution in [0.2, 0.25) is 0 Å². The summed E-state index contributed by atoms with van der Waals surface area (Å²) < 4.78 is 28.2. The molecule has 0 aliphatic rings. The molecule has 0 rings (SSSR count). The molecule has 0 aromatic carbocycles. The first-order chi connectivity index (χ1) is 8.43. The lowest BCUT2D eigenvalue weighted by molar-refractivity contribution is -0.127. The van der Waals surface area contributed by atoms with Gasteiger partial charge in [0, 0.05) is 20.1 Å². The molecule has 0 radical (unpaired) electrons. The standard InChI is InChI=1S/C11H24N2O4S/c1-3-4-6-13(2)11(14)10-18(15,16)9-8-17-7-5-12/h3-10,12H2,1-2H3. The zero-order valence-electron chi connectivity index (χ0n) is 11.2. The molecule has 0 aliphatic heterocycles. The van der Waals surface area contributed by atoms with E-state index in [1.54, 1.807) is 7.05 Å². The fraction of sp³-hybridized carbons (Fsp3) is 0.909. The second-order valence-electron chi connectivity index (χ2n) is 4.16. The Morgan fingerprint density at radius 1 is 1.33 bits per heavy atom. The minimum atomic E-state index is -3.39. The van der Waals surface area contributed by atoms with Gasteiger partial charge < -0.3 is 15.4 Å². The second-order valence-corrected chi connectivity index (χ2v) is 6.35. The van der Waals surface area contributed by atoms with E-state index in [4.69, 9.17) is 10.5 Å². The monoisotopic (exact) mass is 280 g/mol. The molecule has 0 bridgehead atoms. The van der Waals surface area contributed by atoms with Crippen molar-refractivity contribution in [1.29, 1.82) is 0 Å². The Morgan fingerprint density at radius 3 is 2.56 bits per heavy atom. The second kappa shape index (κ2) is 9.29. The molecule has 0 aromatic heterocycles. The maximum atomic E-state index is 11.6. The lowest BCUT2D eigenvalue weighted by Gasteiger charge is -2.16. The van der Waals surface area contributed by atoms with E-state index >= 15 is 0 Å². The van der Waals surface area contributed by atoms with Crippen LogP contribution in [-0.2, 0) is 19.4 Å². The summed E-state index contributed by atoms with van der Waals surface area (Å²) in [6.45, 7) is 3.39. The number of carbonyl (C=O) groups excluding carboxylic acids is 1. The van der Waals surface area contributed by atoms with Crippen molar-refractivity contribution < 1.29 is 17.9 Å². The molecule has 0 spiro atoms. The molecule has 0 aromatic rings. The van der Waals surface area contributed by atoms with E-state index in [0.717, 1.165) is 12.8 Å². The summed E-state index contributed by atoms with van der Waals surface area (Å²) in [5, 5.41) is 0. The maximum absolute atomic E-state index is 11.6. The van der Waals surface area contributed by atoms with Crippen LogP contribution in [-0.4, -0.2) is 64.1 Å². The van der Waals surface area contributed by atoms with E-state index in [1.807, 2.05) is 6.92 Å². The average molecular weight is 280 g/mol. The molecule has 6 nitrogen and oxygen atoms in total. The number of nitrogens with two attached hydrogens (primary N) is 1. The SMILES string of the molecule is CCCCN(C)C(=O)CS(=O)(=O)CCOCCN. The van der Waals surface area contributed by atoms with Gasteiger partial charge >= 0.3 is 0 Å². The number of carbonyl (C=O) groups is 1. The van der Waals surface area contributed by atoms with Gasteiger partial charge in [0.2, 0.25) is 5.91 Å². The Hall–Kier alpha value is -0.660. The summed E-state index contributed by atoms with van der Waals surface area (Å²) in [7, 11) is -1.76. The molecule has 0 unspecified atom stereocenters. The van der Waals surface area contributed by atoms with Crippen molar-refractivity contribution in [1.82, 2.24) is 4.90 Å². The lowest BCUT2D eigenvalue weighted by atomic mass is 10.3. The van der Waals surface area contributed by atoms with Gasteiger partial charge in [-0.3, -0.25) is 4.79 Å². The summed E-state index contributed by atoms with van der Waals surface area (Å²) in [6, 6.07) is 0. The summed E-state index contributed by atoms with van der Waals surface area (Å²) in [6.07, 6.45) is 1.85. The molecule has 18 heavy (non-hydrogen) atoms. The number of nitrogens with zero attached hydrogens (tertiary/aromatic N) is 1. The number of amides is 1. The van der Waals surface area contributed by atoms with Gasteiger partial charge in [-0.05, 0) is 6.42 Å². The van der Waals surface area contributed by atoms with E-state index in [2.05, 4.69) is 0 Å². The highest BCUT2D eigenvalue weighted by atomic mass is 32.2. The minimum Gasteiger partial charge on any atom is -0.379 e. The van der Waals surface area contributed by atoms with Crippen LogP contribution >= 0.6 is 0 Å². The van der Waals surface area contributed by atoms with Gasteiger partial charge in [-0.25, -0.2) is 8.42 Å². The predicted molar refractivity (Wildman–Crippen MR) is 71.1 cm³/mol. The lowest BCUT2D eigenvalue weighted by Crippen LogP contribution is -2.34. The van der Waals surface area contributed by atoms with Crippen molar-refractivity contribution in [2.75, 3.05) is 44.9 Å². The quantitative estimate of drug-likeness (QED) is 0.552. The highest BCUT2D eigenvalue weighted by molar-refractivity contribution is 7.92. The number of unbranched alkanes of at least 4 members (excludes halogenated alkanes) is 1. The molecular weight excluding hydrogens is 256 g/mol. The normalized spacial score (nSPS) is 11.5. The fourth-order valence-electron chi connectivity index (χ4n) is 1.26. The zero-order chi connectivity index (χ0) is 14.0. The van der Waals surface area contributed by atoms with Crippen LogP contribution in [0.4, 0.5) is 0 Å². The van der Waals surface area contributed by atoms with Crippen LogP contribution in [0.5, 0.6) is 0 Å². The largest absolute Gasteiger partial charge is 0.379 e. The number of rotatable bonds is 10. The maximum Gasteiger partial charge on any atom is 0.237 e. The van der Waals surface area contributed by atoms with Crippen LogP contribution in [0.3, 0.4) is 0 Å². The highest BCUT2D eigenvalue weighted by Gasteiger charge is 2.19. The zero-order valence-corrected chi connectivity index (χ0v) is 12.0. The molecule has 0 heterocycles. The van der Waals surface area contributed by atoms with Crippen molar-refractivity contribution >= 4 is 15.7 Å². The molecule has 1 amide bonds. The van der Waals surface area contributed by atoms with Gasteiger partial charge in [-0.2, -0.15) is 0 Å². The topological polar surface area (TPSA) is 89.7 Å². The van der Waals surface area contributed by atoms with E-state index in [0.29, 0.717) is 19.7 Å².